The summed E-state index contributed by atoms with van der Waals surface area (Å²) in [7, 11) is 1.44. The summed E-state index contributed by atoms with van der Waals surface area (Å²) in [5.41, 5.74) is 6.15. The van der Waals surface area contributed by atoms with Crippen molar-refractivity contribution in [3.63, 3.8) is 0 Å². The van der Waals surface area contributed by atoms with Crippen molar-refractivity contribution >= 4 is 17.1 Å². The van der Waals surface area contributed by atoms with Crippen molar-refractivity contribution in [1.29, 1.82) is 0 Å². The molecule has 0 spiro atoms. The molecule has 0 saturated carbocycles. The summed E-state index contributed by atoms with van der Waals surface area (Å²) in [6, 6.07) is 6.02. The maximum atomic E-state index is 13.5. The van der Waals surface area contributed by atoms with Crippen molar-refractivity contribution in [3.8, 4) is 5.75 Å². The van der Waals surface area contributed by atoms with Crippen LogP contribution in [0.15, 0.2) is 30.3 Å². The van der Waals surface area contributed by atoms with Crippen molar-refractivity contribution in [1.82, 2.24) is 0 Å². The standard InChI is InChI=1S/C13H11F3N2O/c1-19-12-4-2-3-10(13(12)17)18-11-6-8(15)7(14)5-9(11)16/h2-6,18H,17H2,1H3. The molecule has 0 fully saturated rings. The Balaban J connectivity index is 2.39. The average molecular weight is 268 g/mol. The molecule has 0 amide bonds. The largest absolute Gasteiger partial charge is 0.495 e. The van der Waals surface area contributed by atoms with Gasteiger partial charge in [-0.25, -0.2) is 13.2 Å². The van der Waals surface area contributed by atoms with Crippen LogP contribution >= 0.6 is 0 Å². The van der Waals surface area contributed by atoms with Gasteiger partial charge >= 0.3 is 0 Å². The smallest absolute Gasteiger partial charge is 0.161 e. The Bertz CT molecular complexity index is 617. The zero-order valence-corrected chi connectivity index (χ0v) is 10.0. The summed E-state index contributed by atoms with van der Waals surface area (Å²) < 4.78 is 44.4. The van der Waals surface area contributed by atoms with Crippen LogP contribution in [-0.4, -0.2) is 7.11 Å². The van der Waals surface area contributed by atoms with Crippen molar-refractivity contribution in [2.45, 2.75) is 0 Å². The minimum Gasteiger partial charge on any atom is -0.495 e. The lowest BCUT2D eigenvalue weighted by Gasteiger charge is -2.13. The highest BCUT2D eigenvalue weighted by Crippen LogP contribution is 2.32. The molecule has 0 saturated heterocycles. The van der Waals surface area contributed by atoms with E-state index in [4.69, 9.17) is 10.5 Å². The molecule has 0 unspecified atom stereocenters. The van der Waals surface area contributed by atoms with E-state index in [9.17, 15) is 13.2 Å². The lowest BCUT2D eigenvalue weighted by Crippen LogP contribution is -2.01. The maximum Gasteiger partial charge on any atom is 0.161 e. The number of benzene rings is 2. The number of ether oxygens (including phenoxy) is 1. The molecule has 2 aromatic rings. The van der Waals surface area contributed by atoms with Gasteiger partial charge in [-0.15, -0.1) is 0 Å². The highest BCUT2D eigenvalue weighted by molar-refractivity contribution is 5.77. The van der Waals surface area contributed by atoms with E-state index in [1.807, 2.05) is 0 Å². The van der Waals surface area contributed by atoms with Gasteiger partial charge in [0, 0.05) is 12.1 Å². The molecule has 6 heteroatoms. The molecule has 2 rings (SSSR count). The highest BCUT2D eigenvalue weighted by Gasteiger charge is 2.12. The minimum absolute atomic E-state index is 0.209. The summed E-state index contributed by atoms with van der Waals surface area (Å²) in [4.78, 5) is 0. The van der Waals surface area contributed by atoms with Gasteiger partial charge in [-0.05, 0) is 12.1 Å². The SMILES string of the molecule is COc1cccc(Nc2cc(F)c(F)cc2F)c1N. The van der Waals surface area contributed by atoms with Crippen LogP contribution in [0.1, 0.15) is 0 Å². The monoisotopic (exact) mass is 268 g/mol. The van der Waals surface area contributed by atoms with E-state index >= 15 is 0 Å². The minimum atomic E-state index is -1.25. The summed E-state index contributed by atoms with van der Waals surface area (Å²) >= 11 is 0. The van der Waals surface area contributed by atoms with Crippen molar-refractivity contribution < 1.29 is 17.9 Å². The topological polar surface area (TPSA) is 47.3 Å². The zero-order chi connectivity index (χ0) is 14.0. The van der Waals surface area contributed by atoms with E-state index in [1.54, 1.807) is 18.2 Å². The molecule has 0 aliphatic heterocycles. The van der Waals surface area contributed by atoms with Gasteiger partial charge in [0.1, 0.15) is 11.6 Å². The second-order valence-electron chi connectivity index (χ2n) is 3.79. The summed E-state index contributed by atoms with van der Waals surface area (Å²) in [6.45, 7) is 0. The van der Waals surface area contributed by atoms with Crippen LogP contribution in [0.3, 0.4) is 0 Å². The molecule has 3 nitrogen and oxygen atoms in total. The fourth-order valence-electron chi connectivity index (χ4n) is 1.59. The van der Waals surface area contributed by atoms with Crippen LogP contribution in [0.2, 0.25) is 0 Å². The second kappa shape index (κ2) is 5.09. The predicted molar refractivity (Wildman–Crippen MR) is 67.0 cm³/mol. The third-order valence-electron chi connectivity index (χ3n) is 2.57. The molecule has 0 atom stereocenters. The lowest BCUT2D eigenvalue weighted by molar-refractivity contribution is 0.417. The Hall–Kier alpha value is -2.37. The fourth-order valence-corrected chi connectivity index (χ4v) is 1.59. The molecule has 0 heterocycles. The Morgan fingerprint density at radius 3 is 2.37 bits per heavy atom. The van der Waals surface area contributed by atoms with Gasteiger partial charge in [0.05, 0.1) is 24.2 Å². The maximum absolute atomic E-state index is 13.5. The summed E-state index contributed by atoms with van der Waals surface area (Å²) in [5.74, 6) is -2.92. The number of methoxy groups -OCH3 is 1. The second-order valence-corrected chi connectivity index (χ2v) is 3.79. The lowest BCUT2D eigenvalue weighted by atomic mass is 10.2. The number of nitrogens with two attached hydrogens (primary N) is 1. The average Bonchev–Trinajstić information content (AvgIpc) is 2.38. The Morgan fingerprint density at radius 2 is 1.68 bits per heavy atom. The first kappa shape index (κ1) is 13.1. The molecule has 0 aliphatic rings. The number of para-hydroxylation sites is 1. The van der Waals surface area contributed by atoms with Crippen LogP contribution in [0, 0.1) is 17.5 Å². The normalized spacial score (nSPS) is 10.3. The Morgan fingerprint density at radius 1 is 1.00 bits per heavy atom. The number of halogens is 3. The van der Waals surface area contributed by atoms with E-state index in [-0.39, 0.29) is 11.4 Å². The first-order valence-electron chi connectivity index (χ1n) is 5.37. The van der Waals surface area contributed by atoms with Gasteiger partial charge in [0.2, 0.25) is 0 Å². The molecule has 19 heavy (non-hydrogen) atoms. The number of hydrogen-bond acceptors (Lipinski definition) is 3. The molecule has 2 aromatic carbocycles. The number of hydrogen-bond donors (Lipinski definition) is 2. The van der Waals surface area contributed by atoms with E-state index in [0.717, 1.165) is 6.07 Å². The Labute approximate surface area is 107 Å². The molecular weight excluding hydrogens is 257 g/mol. The fraction of sp³-hybridized carbons (Fsp3) is 0.0769. The van der Waals surface area contributed by atoms with E-state index in [2.05, 4.69) is 5.32 Å². The highest BCUT2D eigenvalue weighted by atomic mass is 19.2. The van der Waals surface area contributed by atoms with Gasteiger partial charge in [-0.2, -0.15) is 0 Å². The molecule has 0 aliphatic carbocycles. The van der Waals surface area contributed by atoms with Crippen LogP contribution in [-0.2, 0) is 0 Å². The first-order chi connectivity index (χ1) is 9.02. The van der Waals surface area contributed by atoms with Crippen LogP contribution in [0.25, 0.3) is 0 Å². The number of rotatable bonds is 3. The third kappa shape index (κ3) is 2.57. The third-order valence-corrected chi connectivity index (χ3v) is 2.57. The number of anilines is 3. The molecule has 0 radical (unpaired) electrons. The van der Waals surface area contributed by atoms with Gasteiger partial charge in [-0.1, -0.05) is 6.07 Å². The Kier molecular flexibility index (Phi) is 3.50. The van der Waals surface area contributed by atoms with E-state index in [1.165, 1.54) is 7.11 Å². The number of nitrogen functional groups attached to an aromatic ring is 1. The number of nitrogens with one attached hydrogen (secondary N) is 1. The first-order valence-corrected chi connectivity index (χ1v) is 5.37. The molecule has 0 bridgehead atoms. The van der Waals surface area contributed by atoms with Gasteiger partial charge in [-0.3, -0.25) is 0 Å². The van der Waals surface area contributed by atoms with Crippen LogP contribution in [0.4, 0.5) is 30.2 Å². The summed E-state index contributed by atoms with van der Waals surface area (Å²) in [6.07, 6.45) is 0. The van der Waals surface area contributed by atoms with Crippen molar-refractivity contribution in [3.05, 3.63) is 47.8 Å². The van der Waals surface area contributed by atoms with Crippen molar-refractivity contribution in [2.75, 3.05) is 18.2 Å². The van der Waals surface area contributed by atoms with E-state index in [0.29, 0.717) is 17.5 Å². The van der Waals surface area contributed by atoms with Gasteiger partial charge in [0.15, 0.2) is 11.6 Å². The van der Waals surface area contributed by atoms with Crippen LogP contribution < -0.4 is 15.8 Å². The summed E-state index contributed by atoms with van der Waals surface area (Å²) in [5, 5.41) is 2.60. The van der Waals surface area contributed by atoms with Gasteiger partial charge < -0.3 is 15.8 Å². The quantitative estimate of drug-likeness (QED) is 0.662. The van der Waals surface area contributed by atoms with E-state index < -0.39 is 17.5 Å². The van der Waals surface area contributed by atoms with Crippen molar-refractivity contribution in [2.24, 2.45) is 0 Å². The van der Waals surface area contributed by atoms with Crippen LogP contribution in [0.5, 0.6) is 5.75 Å². The molecule has 3 N–H and O–H groups in total. The molecular formula is C13H11F3N2O. The van der Waals surface area contributed by atoms with Gasteiger partial charge in [0.25, 0.3) is 0 Å². The zero-order valence-electron chi connectivity index (χ0n) is 10.0. The molecule has 0 aromatic heterocycles. The molecule has 100 valence electrons. The predicted octanol–water partition coefficient (Wildman–Crippen LogP) is 3.44.